The molecule has 0 unspecified atom stereocenters. The van der Waals surface area contributed by atoms with Crippen molar-refractivity contribution in [1.29, 1.82) is 0 Å². The summed E-state index contributed by atoms with van der Waals surface area (Å²) in [4.78, 5) is 33.2. The van der Waals surface area contributed by atoms with Crippen LogP contribution >= 0.6 is 11.3 Å². The molecule has 0 saturated heterocycles. The van der Waals surface area contributed by atoms with Crippen molar-refractivity contribution in [3.63, 3.8) is 0 Å². The third-order valence-corrected chi connectivity index (χ3v) is 6.33. The fourth-order valence-corrected chi connectivity index (χ4v) is 4.07. The molecule has 154 valence electrons. The second-order valence-corrected chi connectivity index (χ2v) is 9.58. The molecule has 0 atom stereocenters. The number of nitrogens with zero attached hydrogens (tertiary/aromatic N) is 2. The number of rotatable bonds is 7. The number of carbonyl (C=O) groups excluding carboxylic acids is 1. The number of aromatic carboxylic acids is 1. The highest BCUT2D eigenvalue weighted by molar-refractivity contribution is 7.90. The van der Waals surface area contributed by atoms with Crippen molar-refractivity contribution >= 4 is 43.9 Å². The van der Waals surface area contributed by atoms with Crippen LogP contribution in [-0.4, -0.2) is 48.5 Å². The molecule has 0 aliphatic heterocycles. The van der Waals surface area contributed by atoms with E-state index in [0.29, 0.717) is 5.56 Å². The van der Waals surface area contributed by atoms with E-state index in [1.807, 2.05) is 0 Å². The van der Waals surface area contributed by atoms with Gasteiger partial charge in [-0.15, -0.1) is 0 Å². The number of thiazole rings is 1. The molecule has 1 heterocycles. The van der Waals surface area contributed by atoms with Crippen LogP contribution in [0.2, 0.25) is 0 Å². The van der Waals surface area contributed by atoms with E-state index in [0.717, 1.165) is 49.5 Å². The van der Waals surface area contributed by atoms with Gasteiger partial charge in [-0.1, -0.05) is 28.6 Å². The minimum absolute atomic E-state index is 0.0153. The SMILES string of the molecule is CS(=O)(=O)c1ccc(C(=NOC2CCCC2)C(=O)Nc2ncc(C(=O)O)s2)cc1. The maximum Gasteiger partial charge on any atom is 0.347 e. The van der Waals surface area contributed by atoms with Gasteiger partial charge in [0.1, 0.15) is 11.0 Å². The summed E-state index contributed by atoms with van der Waals surface area (Å²) >= 11 is 0.813. The van der Waals surface area contributed by atoms with E-state index in [1.165, 1.54) is 24.3 Å². The number of carboxylic acids is 1. The van der Waals surface area contributed by atoms with Crippen LogP contribution in [-0.2, 0) is 19.5 Å². The highest BCUT2D eigenvalue weighted by Crippen LogP contribution is 2.22. The molecule has 11 heteroatoms. The molecule has 29 heavy (non-hydrogen) atoms. The van der Waals surface area contributed by atoms with Crippen molar-refractivity contribution in [2.24, 2.45) is 5.16 Å². The first kappa shape index (κ1) is 20.9. The maximum absolute atomic E-state index is 12.8. The average molecular weight is 437 g/mol. The summed E-state index contributed by atoms with van der Waals surface area (Å²) in [7, 11) is -3.38. The van der Waals surface area contributed by atoms with Gasteiger partial charge in [0.15, 0.2) is 20.7 Å². The quantitative estimate of drug-likeness (QED) is 0.502. The molecule has 1 aliphatic carbocycles. The molecule has 1 aliphatic rings. The van der Waals surface area contributed by atoms with Gasteiger partial charge in [0.2, 0.25) is 0 Å². The zero-order valence-electron chi connectivity index (χ0n) is 15.5. The summed E-state index contributed by atoms with van der Waals surface area (Å²) in [6, 6.07) is 5.71. The monoisotopic (exact) mass is 437 g/mol. The van der Waals surface area contributed by atoms with Gasteiger partial charge >= 0.3 is 5.97 Å². The topological polar surface area (TPSA) is 135 Å². The number of aromatic nitrogens is 1. The van der Waals surface area contributed by atoms with E-state index < -0.39 is 21.7 Å². The Morgan fingerprint density at radius 1 is 1.24 bits per heavy atom. The number of sulfone groups is 1. The van der Waals surface area contributed by atoms with Crippen molar-refractivity contribution in [1.82, 2.24) is 4.98 Å². The Hall–Kier alpha value is -2.79. The van der Waals surface area contributed by atoms with Crippen LogP contribution in [0.15, 0.2) is 40.5 Å². The van der Waals surface area contributed by atoms with E-state index in [-0.39, 0.29) is 26.7 Å². The minimum atomic E-state index is -3.38. The van der Waals surface area contributed by atoms with E-state index in [9.17, 15) is 18.0 Å². The lowest BCUT2D eigenvalue weighted by Crippen LogP contribution is -2.25. The molecule has 1 aromatic carbocycles. The van der Waals surface area contributed by atoms with Gasteiger partial charge in [0.05, 0.1) is 11.1 Å². The Morgan fingerprint density at radius 3 is 2.45 bits per heavy atom. The molecule has 1 aromatic heterocycles. The Kier molecular flexibility index (Phi) is 6.28. The van der Waals surface area contributed by atoms with Crippen LogP contribution in [0.3, 0.4) is 0 Å². The van der Waals surface area contributed by atoms with Gasteiger partial charge in [0.25, 0.3) is 5.91 Å². The van der Waals surface area contributed by atoms with Crippen LogP contribution in [0.1, 0.15) is 40.9 Å². The minimum Gasteiger partial charge on any atom is -0.477 e. The second-order valence-electron chi connectivity index (χ2n) is 6.54. The lowest BCUT2D eigenvalue weighted by atomic mass is 10.1. The van der Waals surface area contributed by atoms with Gasteiger partial charge in [-0.3, -0.25) is 10.1 Å². The smallest absolute Gasteiger partial charge is 0.347 e. The number of oxime groups is 1. The lowest BCUT2D eigenvalue weighted by molar-refractivity contribution is -0.110. The maximum atomic E-state index is 12.8. The molecule has 1 saturated carbocycles. The van der Waals surface area contributed by atoms with E-state index in [2.05, 4.69) is 15.5 Å². The summed E-state index contributed by atoms with van der Waals surface area (Å²) in [5, 5.41) is 15.6. The summed E-state index contributed by atoms with van der Waals surface area (Å²) in [6.07, 6.45) is 5.92. The molecule has 0 spiro atoms. The highest BCUT2D eigenvalue weighted by Gasteiger charge is 2.21. The fraction of sp³-hybridized carbons (Fsp3) is 0.333. The van der Waals surface area contributed by atoms with E-state index in [4.69, 9.17) is 9.94 Å². The second kappa shape index (κ2) is 8.70. The highest BCUT2D eigenvalue weighted by atomic mass is 32.2. The van der Waals surface area contributed by atoms with Gasteiger partial charge in [-0.25, -0.2) is 18.2 Å². The predicted molar refractivity (Wildman–Crippen MR) is 107 cm³/mol. The van der Waals surface area contributed by atoms with Gasteiger partial charge < -0.3 is 9.94 Å². The summed E-state index contributed by atoms with van der Waals surface area (Å²) in [5.41, 5.74) is 0.312. The van der Waals surface area contributed by atoms with Gasteiger partial charge in [0, 0.05) is 11.8 Å². The number of carboxylic acid groups (broad SMARTS) is 1. The van der Waals surface area contributed by atoms with Crippen molar-refractivity contribution in [3.8, 4) is 0 Å². The zero-order chi connectivity index (χ0) is 21.0. The van der Waals surface area contributed by atoms with Crippen LogP contribution in [0.25, 0.3) is 0 Å². The summed E-state index contributed by atoms with van der Waals surface area (Å²) in [5.74, 6) is -1.78. The first-order valence-corrected chi connectivity index (χ1v) is 11.5. The molecule has 2 N–H and O–H groups in total. The molecular formula is C18H19N3O6S2. The fourth-order valence-electron chi connectivity index (χ4n) is 2.79. The van der Waals surface area contributed by atoms with Gasteiger partial charge in [-0.2, -0.15) is 0 Å². The van der Waals surface area contributed by atoms with Crippen LogP contribution < -0.4 is 5.32 Å². The lowest BCUT2D eigenvalue weighted by Gasteiger charge is -2.10. The largest absolute Gasteiger partial charge is 0.477 e. The Labute approximate surface area is 171 Å². The van der Waals surface area contributed by atoms with Crippen LogP contribution in [0, 0.1) is 0 Å². The molecule has 0 radical (unpaired) electrons. The number of amides is 1. The molecule has 0 bridgehead atoms. The summed E-state index contributed by atoms with van der Waals surface area (Å²) in [6.45, 7) is 0. The van der Waals surface area contributed by atoms with Crippen molar-refractivity contribution in [2.45, 2.75) is 36.7 Å². The third kappa shape index (κ3) is 5.39. The number of hydrogen-bond acceptors (Lipinski definition) is 8. The van der Waals surface area contributed by atoms with Crippen LogP contribution in [0.5, 0.6) is 0 Å². The molecule has 1 amide bonds. The predicted octanol–water partition coefficient (Wildman–Crippen LogP) is 2.55. The third-order valence-electron chi connectivity index (χ3n) is 4.30. The normalized spacial score (nSPS) is 15.3. The molecule has 3 rings (SSSR count). The molecule has 9 nitrogen and oxygen atoms in total. The number of hydrogen-bond donors (Lipinski definition) is 2. The molecular weight excluding hydrogens is 418 g/mol. The molecule has 2 aromatic rings. The van der Waals surface area contributed by atoms with Crippen LogP contribution in [0.4, 0.5) is 5.13 Å². The number of anilines is 1. The number of benzene rings is 1. The van der Waals surface area contributed by atoms with Crippen molar-refractivity contribution in [3.05, 3.63) is 40.9 Å². The Balaban J connectivity index is 1.86. The summed E-state index contributed by atoms with van der Waals surface area (Å²) < 4.78 is 23.3. The molecule has 1 fully saturated rings. The van der Waals surface area contributed by atoms with Gasteiger partial charge in [-0.05, 0) is 37.8 Å². The average Bonchev–Trinajstić information content (AvgIpc) is 3.33. The number of nitrogens with one attached hydrogen (secondary N) is 1. The Morgan fingerprint density at radius 2 is 1.90 bits per heavy atom. The Bertz CT molecular complexity index is 1040. The standard InChI is InChI=1S/C18H19N3O6S2/c1-29(25,26)13-8-6-11(7-9-13)15(21-27-12-4-2-3-5-12)16(22)20-18-19-10-14(28-18)17(23)24/h6-10,12H,2-5H2,1H3,(H,23,24)(H,19,20,22). The van der Waals surface area contributed by atoms with Crippen molar-refractivity contribution < 1.29 is 28.0 Å². The first-order chi connectivity index (χ1) is 13.7. The number of carbonyl (C=O) groups is 2. The van der Waals surface area contributed by atoms with E-state index >= 15 is 0 Å². The zero-order valence-corrected chi connectivity index (χ0v) is 17.1. The van der Waals surface area contributed by atoms with E-state index in [1.54, 1.807) is 0 Å². The first-order valence-electron chi connectivity index (χ1n) is 8.79. The van der Waals surface area contributed by atoms with Crippen molar-refractivity contribution in [2.75, 3.05) is 11.6 Å².